The second-order valence-electron chi connectivity index (χ2n) is 5.90. The average molecular weight is 254 g/mol. The Morgan fingerprint density at radius 3 is 2.33 bits per heavy atom. The number of nitrogens with zero attached hydrogens (tertiary/aromatic N) is 1. The first-order chi connectivity index (χ1) is 8.84. The van der Waals surface area contributed by atoms with Gasteiger partial charge in [0.1, 0.15) is 0 Å². The van der Waals surface area contributed by atoms with E-state index in [1.54, 1.807) is 0 Å². The summed E-state index contributed by atoms with van der Waals surface area (Å²) < 4.78 is 0. The van der Waals surface area contributed by atoms with Crippen molar-refractivity contribution in [3.8, 4) is 0 Å². The van der Waals surface area contributed by atoms with Gasteiger partial charge in [0, 0.05) is 19.1 Å². The van der Waals surface area contributed by atoms with Crippen LogP contribution in [0.4, 0.5) is 0 Å². The summed E-state index contributed by atoms with van der Waals surface area (Å²) in [5.74, 6) is 0. The third-order valence-electron chi connectivity index (χ3n) is 4.24. The molecule has 1 aliphatic heterocycles. The molecule has 0 aliphatic carbocycles. The van der Waals surface area contributed by atoms with Crippen molar-refractivity contribution >= 4 is 0 Å². The molecule has 0 radical (unpaired) electrons. The summed E-state index contributed by atoms with van der Waals surface area (Å²) in [6.45, 7) is 9.63. The van der Waals surface area contributed by atoms with E-state index in [1.807, 2.05) is 0 Å². The lowest BCUT2D eigenvalue weighted by Crippen LogP contribution is -2.35. The predicted molar refractivity (Wildman–Crippen MR) is 81.1 cm³/mol. The standard InChI is InChI=1S/C16H34N2/c1-3-4-5-6-7-8-9-10-14-18-15-13-17-12-11-16(18)2/h16-17H,3-15H2,1-2H3. The molecule has 1 aliphatic rings. The van der Waals surface area contributed by atoms with Gasteiger partial charge in [-0.2, -0.15) is 0 Å². The Kier molecular flexibility index (Phi) is 9.59. The molecule has 0 aromatic rings. The van der Waals surface area contributed by atoms with E-state index >= 15 is 0 Å². The number of hydrogen-bond acceptors (Lipinski definition) is 2. The fourth-order valence-electron chi connectivity index (χ4n) is 2.84. The van der Waals surface area contributed by atoms with Gasteiger partial charge in [-0.3, -0.25) is 4.90 Å². The fraction of sp³-hybridized carbons (Fsp3) is 1.00. The van der Waals surface area contributed by atoms with Crippen LogP contribution < -0.4 is 5.32 Å². The lowest BCUT2D eigenvalue weighted by atomic mass is 10.1. The Morgan fingerprint density at radius 1 is 0.944 bits per heavy atom. The van der Waals surface area contributed by atoms with E-state index in [0.29, 0.717) is 0 Å². The largest absolute Gasteiger partial charge is 0.315 e. The number of hydrogen-bond donors (Lipinski definition) is 1. The SMILES string of the molecule is CCCCCCCCCCN1CCNCCC1C. The van der Waals surface area contributed by atoms with Crippen molar-refractivity contribution < 1.29 is 0 Å². The van der Waals surface area contributed by atoms with Gasteiger partial charge < -0.3 is 5.32 Å². The van der Waals surface area contributed by atoms with Crippen LogP contribution in [-0.2, 0) is 0 Å². The summed E-state index contributed by atoms with van der Waals surface area (Å²) in [6, 6.07) is 0.782. The molecule has 1 atom stereocenters. The van der Waals surface area contributed by atoms with Crippen LogP contribution in [0.3, 0.4) is 0 Å². The molecule has 18 heavy (non-hydrogen) atoms. The molecule has 2 heteroatoms. The Bertz CT molecular complexity index is 182. The maximum atomic E-state index is 3.50. The minimum absolute atomic E-state index is 0.782. The van der Waals surface area contributed by atoms with Gasteiger partial charge in [-0.05, 0) is 32.9 Å². The molecule has 108 valence electrons. The Labute approximate surface area is 115 Å². The summed E-state index contributed by atoms with van der Waals surface area (Å²) in [6.07, 6.45) is 12.8. The first kappa shape index (κ1) is 16.0. The van der Waals surface area contributed by atoms with Gasteiger partial charge in [-0.15, -0.1) is 0 Å². The van der Waals surface area contributed by atoms with Crippen molar-refractivity contribution in [2.45, 2.75) is 77.7 Å². The second-order valence-corrected chi connectivity index (χ2v) is 5.90. The third kappa shape index (κ3) is 7.38. The smallest absolute Gasteiger partial charge is 0.0110 e. The van der Waals surface area contributed by atoms with Gasteiger partial charge in [-0.25, -0.2) is 0 Å². The van der Waals surface area contributed by atoms with Crippen molar-refractivity contribution in [3.63, 3.8) is 0 Å². The summed E-state index contributed by atoms with van der Waals surface area (Å²) in [7, 11) is 0. The normalized spacial score (nSPS) is 22.0. The number of nitrogens with one attached hydrogen (secondary N) is 1. The highest BCUT2D eigenvalue weighted by Crippen LogP contribution is 2.11. The van der Waals surface area contributed by atoms with Crippen molar-refractivity contribution in [1.29, 1.82) is 0 Å². The summed E-state index contributed by atoms with van der Waals surface area (Å²) in [5.41, 5.74) is 0. The Morgan fingerprint density at radius 2 is 1.61 bits per heavy atom. The van der Waals surface area contributed by atoms with E-state index in [0.717, 1.165) is 6.04 Å². The minimum atomic E-state index is 0.782. The monoisotopic (exact) mass is 254 g/mol. The summed E-state index contributed by atoms with van der Waals surface area (Å²) in [4.78, 5) is 2.68. The third-order valence-corrected chi connectivity index (χ3v) is 4.24. The molecule has 1 rings (SSSR count). The van der Waals surface area contributed by atoms with Gasteiger partial charge in [0.25, 0.3) is 0 Å². The minimum Gasteiger partial charge on any atom is -0.315 e. The molecule has 1 fully saturated rings. The molecule has 0 saturated carbocycles. The summed E-state index contributed by atoms with van der Waals surface area (Å²) in [5, 5.41) is 3.50. The van der Waals surface area contributed by atoms with Crippen LogP contribution in [0.15, 0.2) is 0 Å². The van der Waals surface area contributed by atoms with Crippen LogP contribution >= 0.6 is 0 Å². The van der Waals surface area contributed by atoms with E-state index < -0.39 is 0 Å². The van der Waals surface area contributed by atoms with E-state index in [4.69, 9.17) is 0 Å². The van der Waals surface area contributed by atoms with Gasteiger partial charge in [0.2, 0.25) is 0 Å². The molecule has 1 N–H and O–H groups in total. The van der Waals surface area contributed by atoms with E-state index in [2.05, 4.69) is 24.1 Å². The predicted octanol–water partition coefficient (Wildman–Crippen LogP) is 3.81. The van der Waals surface area contributed by atoms with Crippen LogP contribution in [-0.4, -0.2) is 37.1 Å². The molecule has 0 bridgehead atoms. The molecule has 0 aromatic heterocycles. The highest BCUT2D eigenvalue weighted by atomic mass is 15.2. The maximum absolute atomic E-state index is 3.50. The van der Waals surface area contributed by atoms with E-state index in [9.17, 15) is 0 Å². The van der Waals surface area contributed by atoms with Crippen molar-refractivity contribution in [2.24, 2.45) is 0 Å². The van der Waals surface area contributed by atoms with Crippen molar-refractivity contribution in [2.75, 3.05) is 26.2 Å². The molecule has 0 aromatic carbocycles. The molecule has 0 spiro atoms. The molecular formula is C16H34N2. The quantitative estimate of drug-likeness (QED) is 0.629. The molecule has 2 nitrogen and oxygen atoms in total. The van der Waals surface area contributed by atoms with Crippen LogP contribution in [0, 0.1) is 0 Å². The van der Waals surface area contributed by atoms with Crippen molar-refractivity contribution in [1.82, 2.24) is 10.2 Å². The topological polar surface area (TPSA) is 15.3 Å². The first-order valence-electron chi connectivity index (χ1n) is 8.29. The van der Waals surface area contributed by atoms with Crippen LogP contribution in [0.5, 0.6) is 0 Å². The highest BCUT2D eigenvalue weighted by Gasteiger charge is 2.15. The van der Waals surface area contributed by atoms with E-state index in [-0.39, 0.29) is 0 Å². The molecule has 0 amide bonds. The molecule has 1 saturated heterocycles. The zero-order valence-corrected chi connectivity index (χ0v) is 12.7. The van der Waals surface area contributed by atoms with Gasteiger partial charge in [0.05, 0.1) is 0 Å². The van der Waals surface area contributed by atoms with Crippen LogP contribution in [0.2, 0.25) is 0 Å². The lowest BCUT2D eigenvalue weighted by molar-refractivity contribution is 0.215. The Balaban J connectivity index is 1.93. The highest BCUT2D eigenvalue weighted by molar-refractivity contribution is 4.73. The molecule has 1 heterocycles. The van der Waals surface area contributed by atoms with Gasteiger partial charge in [-0.1, -0.05) is 51.9 Å². The molecular weight excluding hydrogens is 220 g/mol. The molecule has 1 unspecified atom stereocenters. The first-order valence-corrected chi connectivity index (χ1v) is 8.29. The van der Waals surface area contributed by atoms with E-state index in [1.165, 1.54) is 84.0 Å². The van der Waals surface area contributed by atoms with Crippen LogP contribution in [0.25, 0.3) is 0 Å². The Hall–Kier alpha value is -0.0800. The summed E-state index contributed by atoms with van der Waals surface area (Å²) >= 11 is 0. The van der Waals surface area contributed by atoms with Gasteiger partial charge >= 0.3 is 0 Å². The van der Waals surface area contributed by atoms with Crippen LogP contribution in [0.1, 0.15) is 71.6 Å². The zero-order valence-electron chi connectivity index (χ0n) is 12.7. The number of rotatable bonds is 9. The zero-order chi connectivity index (χ0) is 13.1. The van der Waals surface area contributed by atoms with Crippen molar-refractivity contribution in [3.05, 3.63) is 0 Å². The lowest BCUT2D eigenvalue weighted by Gasteiger charge is -2.26. The average Bonchev–Trinajstić information content (AvgIpc) is 2.58. The maximum Gasteiger partial charge on any atom is 0.0110 e. The fourth-order valence-corrected chi connectivity index (χ4v) is 2.84. The second kappa shape index (κ2) is 10.8. The number of unbranched alkanes of at least 4 members (excludes halogenated alkanes) is 7. The van der Waals surface area contributed by atoms with Gasteiger partial charge in [0.15, 0.2) is 0 Å².